The third-order valence-corrected chi connectivity index (χ3v) is 9.85. The number of benzene rings is 4. The van der Waals surface area contributed by atoms with Gasteiger partial charge in [-0.05, 0) is 73.7 Å². The molecular weight excluding hydrogens is 604 g/mol. The van der Waals surface area contributed by atoms with Crippen molar-refractivity contribution in [2.45, 2.75) is 29.2 Å². The summed E-state index contributed by atoms with van der Waals surface area (Å²) in [5.41, 5.74) is 4.94. The van der Waals surface area contributed by atoms with Crippen molar-refractivity contribution in [3.8, 4) is 11.6 Å². The number of halogens is 1. The molecule has 0 spiro atoms. The minimum absolute atomic E-state index is 0.117. The number of para-hydroxylation sites is 1. The van der Waals surface area contributed by atoms with Crippen LogP contribution in [0.1, 0.15) is 33.9 Å². The largest absolute Gasteiger partial charge is 0.497 e. The first-order chi connectivity index (χ1) is 22.0. The molecule has 2 atom stereocenters. The van der Waals surface area contributed by atoms with E-state index < -0.39 is 5.72 Å². The van der Waals surface area contributed by atoms with E-state index in [1.807, 2.05) is 48.5 Å². The van der Waals surface area contributed by atoms with Crippen LogP contribution in [0.4, 0.5) is 5.69 Å². The molecule has 0 fully saturated rings. The van der Waals surface area contributed by atoms with Crippen molar-refractivity contribution >= 4 is 45.8 Å². The molecule has 2 unspecified atom stereocenters. The van der Waals surface area contributed by atoms with Crippen molar-refractivity contribution in [2.75, 3.05) is 12.0 Å². The molecule has 2 aromatic heterocycles. The molecule has 45 heavy (non-hydrogen) atoms. The fraction of sp³-hybridized carbons (Fsp3) is 0.143. The molecule has 0 amide bonds. The molecule has 6 aromatic rings. The van der Waals surface area contributed by atoms with Crippen molar-refractivity contribution < 1.29 is 9.57 Å². The summed E-state index contributed by atoms with van der Waals surface area (Å²) < 4.78 is 7.18. The molecular formula is C35H27ClN6O2S. The zero-order valence-electron chi connectivity index (χ0n) is 24.5. The second kappa shape index (κ2) is 10.9. The highest BCUT2D eigenvalue weighted by molar-refractivity contribution is 7.99. The monoisotopic (exact) mass is 630 g/mol. The summed E-state index contributed by atoms with van der Waals surface area (Å²) in [6.07, 6.45) is 3.77. The highest BCUT2D eigenvalue weighted by Crippen LogP contribution is 2.57. The molecule has 0 N–H and O–H groups in total. The normalized spacial score (nSPS) is 19.0. The molecule has 0 radical (unpaired) electrons. The lowest BCUT2D eigenvalue weighted by molar-refractivity contribution is -0.0283. The van der Waals surface area contributed by atoms with E-state index in [1.165, 1.54) is 11.9 Å². The Morgan fingerprint density at radius 2 is 1.80 bits per heavy atom. The summed E-state index contributed by atoms with van der Waals surface area (Å²) in [4.78, 5) is 19.4. The summed E-state index contributed by atoms with van der Waals surface area (Å²) >= 11 is 8.19. The predicted molar refractivity (Wildman–Crippen MR) is 177 cm³/mol. The Labute approximate surface area is 269 Å². The van der Waals surface area contributed by atoms with Crippen molar-refractivity contribution in [3.05, 3.63) is 137 Å². The fourth-order valence-corrected chi connectivity index (χ4v) is 7.62. The number of methoxy groups -OCH3 is 1. The summed E-state index contributed by atoms with van der Waals surface area (Å²) in [7, 11) is 1.66. The Morgan fingerprint density at radius 1 is 0.978 bits per heavy atom. The van der Waals surface area contributed by atoms with Crippen LogP contribution in [0.15, 0.2) is 120 Å². The third kappa shape index (κ3) is 4.70. The van der Waals surface area contributed by atoms with E-state index in [0.29, 0.717) is 17.3 Å². The Hall–Kier alpha value is -4.86. The van der Waals surface area contributed by atoms with E-state index in [0.717, 1.165) is 49.7 Å². The lowest BCUT2D eigenvalue weighted by Gasteiger charge is -2.38. The Bertz CT molecular complexity index is 2070. The Kier molecular flexibility index (Phi) is 6.73. The summed E-state index contributed by atoms with van der Waals surface area (Å²) in [5.74, 6) is 2.21. The maximum absolute atomic E-state index is 6.69. The molecule has 10 heteroatoms. The molecule has 8 nitrogen and oxygen atoms in total. The number of aromatic nitrogens is 4. The van der Waals surface area contributed by atoms with Crippen LogP contribution in [-0.2, 0) is 10.6 Å². The predicted octanol–water partition coefficient (Wildman–Crippen LogP) is 8.07. The van der Waals surface area contributed by atoms with Gasteiger partial charge >= 0.3 is 0 Å². The Morgan fingerprint density at radius 3 is 2.58 bits per heavy atom. The average molecular weight is 631 g/mol. The summed E-state index contributed by atoms with van der Waals surface area (Å²) in [6.45, 7) is 2.10. The summed E-state index contributed by atoms with van der Waals surface area (Å²) in [5, 5.41) is 10.9. The number of anilines is 1. The Balaban J connectivity index is 1.36. The molecule has 2 aliphatic heterocycles. The zero-order valence-corrected chi connectivity index (χ0v) is 26.0. The number of fused-ring (bicyclic) bond motifs is 4. The van der Waals surface area contributed by atoms with E-state index in [-0.39, 0.29) is 5.25 Å². The molecule has 4 aromatic carbocycles. The zero-order chi connectivity index (χ0) is 30.5. The van der Waals surface area contributed by atoms with Crippen LogP contribution in [0.2, 0.25) is 5.02 Å². The van der Waals surface area contributed by atoms with Gasteiger partial charge in [-0.2, -0.15) is 5.10 Å². The van der Waals surface area contributed by atoms with Gasteiger partial charge in [0.25, 0.3) is 0 Å². The van der Waals surface area contributed by atoms with Gasteiger partial charge in [0.15, 0.2) is 11.7 Å². The lowest BCUT2D eigenvalue weighted by Crippen LogP contribution is -2.47. The van der Waals surface area contributed by atoms with Gasteiger partial charge in [-0.1, -0.05) is 52.7 Å². The first-order valence-corrected chi connectivity index (χ1v) is 15.8. The quantitative estimate of drug-likeness (QED) is 0.191. The number of pyridine rings is 1. The number of ether oxygens (including phenoxy) is 1. The van der Waals surface area contributed by atoms with Crippen LogP contribution < -0.4 is 9.64 Å². The van der Waals surface area contributed by atoms with Gasteiger partial charge in [0.1, 0.15) is 18.4 Å². The number of amidine groups is 1. The number of thioether (sulfide) groups is 1. The SMILES string of the molecule is COc1ccc(C2=NOC3(c4ccc(Cl)cc4)CC(c4cc5cc(C)ccc5nc4-n4cncn4)Sc4ccccc4N23)cc1. The number of hydrogen-bond donors (Lipinski definition) is 0. The van der Waals surface area contributed by atoms with Crippen molar-refractivity contribution in [3.63, 3.8) is 0 Å². The van der Waals surface area contributed by atoms with E-state index >= 15 is 0 Å². The molecule has 2 aliphatic rings. The molecule has 0 saturated heterocycles. The average Bonchev–Trinajstić information content (AvgIpc) is 3.71. The second-order valence-corrected chi connectivity index (χ2v) is 12.8. The third-order valence-electron chi connectivity index (χ3n) is 8.30. The molecule has 0 saturated carbocycles. The standard InChI is InChI=1S/C35H27ClN6O2S/c1-22-7-16-29-24(17-22)18-28(34(39-29)41-21-37-20-38-41)32-19-35(25-10-12-26(36)13-11-25)42(30-5-3-4-6-31(30)45-32)33(40-44-35)23-8-14-27(43-2)15-9-23/h3-18,20-21,32H,19H2,1-2H3. The van der Waals surface area contributed by atoms with Crippen molar-refractivity contribution in [1.82, 2.24) is 19.7 Å². The number of hydrogen-bond acceptors (Lipinski definition) is 8. The van der Waals surface area contributed by atoms with Gasteiger partial charge in [-0.15, -0.1) is 11.8 Å². The van der Waals surface area contributed by atoms with E-state index in [9.17, 15) is 0 Å². The van der Waals surface area contributed by atoms with Gasteiger partial charge in [0.05, 0.1) is 18.3 Å². The van der Waals surface area contributed by atoms with Crippen molar-refractivity contribution in [2.24, 2.45) is 5.16 Å². The molecule has 8 rings (SSSR count). The summed E-state index contributed by atoms with van der Waals surface area (Å²) in [6, 6.07) is 32.7. The van der Waals surface area contributed by atoms with Crippen LogP contribution in [0.25, 0.3) is 16.7 Å². The van der Waals surface area contributed by atoms with Gasteiger partial charge in [-0.3, -0.25) is 4.90 Å². The smallest absolute Gasteiger partial charge is 0.242 e. The van der Waals surface area contributed by atoms with E-state index in [1.54, 1.807) is 29.9 Å². The second-order valence-electron chi connectivity index (χ2n) is 11.1. The van der Waals surface area contributed by atoms with Gasteiger partial charge < -0.3 is 9.57 Å². The lowest BCUT2D eigenvalue weighted by atomic mass is 9.91. The topological polar surface area (TPSA) is 77.7 Å². The minimum Gasteiger partial charge on any atom is -0.497 e. The minimum atomic E-state index is -0.995. The van der Waals surface area contributed by atoms with E-state index in [4.69, 9.17) is 31.3 Å². The van der Waals surface area contributed by atoms with Gasteiger partial charge in [-0.25, -0.2) is 14.6 Å². The maximum atomic E-state index is 6.69. The number of aryl methyl sites for hydroxylation is 1. The highest BCUT2D eigenvalue weighted by atomic mass is 35.5. The van der Waals surface area contributed by atoms with E-state index in [2.05, 4.69) is 70.4 Å². The molecule has 0 aliphatic carbocycles. The number of rotatable bonds is 5. The van der Waals surface area contributed by atoms with Crippen LogP contribution in [0.3, 0.4) is 0 Å². The number of oxime groups is 1. The van der Waals surface area contributed by atoms with Crippen LogP contribution in [0.5, 0.6) is 5.75 Å². The highest BCUT2D eigenvalue weighted by Gasteiger charge is 2.53. The fourth-order valence-electron chi connectivity index (χ4n) is 6.14. The van der Waals surface area contributed by atoms with Crippen molar-refractivity contribution in [1.29, 1.82) is 0 Å². The number of nitrogens with zero attached hydrogens (tertiary/aromatic N) is 6. The molecule has 0 bridgehead atoms. The van der Waals surface area contributed by atoms with Gasteiger partial charge in [0.2, 0.25) is 5.72 Å². The van der Waals surface area contributed by atoms with Crippen LogP contribution in [-0.4, -0.2) is 32.7 Å². The van der Waals surface area contributed by atoms with Gasteiger partial charge in [0, 0.05) is 43.7 Å². The maximum Gasteiger partial charge on any atom is 0.242 e. The van der Waals surface area contributed by atoms with Crippen LogP contribution in [0, 0.1) is 6.92 Å². The first-order valence-electron chi connectivity index (χ1n) is 14.5. The molecule has 222 valence electrons. The molecule has 4 heterocycles. The van der Waals surface area contributed by atoms with Crippen LogP contribution >= 0.6 is 23.4 Å². The first kappa shape index (κ1) is 27.7.